The summed E-state index contributed by atoms with van der Waals surface area (Å²) in [4.78, 5) is 4.57. The zero-order chi connectivity index (χ0) is 12.7. The minimum atomic E-state index is -1.02. The summed E-state index contributed by atoms with van der Waals surface area (Å²) < 4.78 is 0. The van der Waals surface area contributed by atoms with E-state index in [0.717, 1.165) is 5.56 Å². The van der Waals surface area contributed by atoms with Gasteiger partial charge in [0.2, 0.25) is 5.72 Å². The van der Waals surface area contributed by atoms with Gasteiger partial charge in [-0.15, -0.1) is 0 Å². The van der Waals surface area contributed by atoms with Crippen molar-refractivity contribution in [3.63, 3.8) is 0 Å². The fourth-order valence-electron chi connectivity index (χ4n) is 2.21. The fraction of sp³-hybridized carbons (Fsp3) is 0.538. The summed E-state index contributed by atoms with van der Waals surface area (Å²) in [5, 5.41) is 17.6. The van der Waals surface area contributed by atoms with Crippen molar-refractivity contribution in [2.24, 2.45) is 15.6 Å². The molecule has 4 heteroatoms. The zero-order valence-corrected chi connectivity index (χ0v) is 10.6. The van der Waals surface area contributed by atoms with E-state index in [-0.39, 0.29) is 0 Å². The molecule has 0 radical (unpaired) electrons. The topological polar surface area (TPSA) is 54.2 Å². The third-order valence-corrected chi connectivity index (χ3v) is 4.33. The van der Waals surface area contributed by atoms with Crippen molar-refractivity contribution in [2.75, 3.05) is 0 Å². The maximum Gasteiger partial charge on any atom is 0.217 e. The summed E-state index contributed by atoms with van der Waals surface area (Å²) in [6.07, 6.45) is 0. The van der Waals surface area contributed by atoms with E-state index in [1.54, 1.807) is 6.92 Å². The Labute approximate surface area is 101 Å². The molecule has 2 rings (SSSR count). The maximum atomic E-state index is 9.09. The van der Waals surface area contributed by atoms with Crippen molar-refractivity contribution >= 4 is 0 Å². The van der Waals surface area contributed by atoms with Crippen LogP contribution in [0.25, 0.3) is 0 Å². The lowest BCUT2D eigenvalue weighted by Gasteiger charge is -2.41. The Morgan fingerprint density at radius 2 is 1.59 bits per heavy atom. The van der Waals surface area contributed by atoms with E-state index in [2.05, 4.69) is 15.1 Å². The molecular formula is C13H18N2O2. The summed E-state index contributed by atoms with van der Waals surface area (Å²) >= 11 is 0. The van der Waals surface area contributed by atoms with E-state index in [0.29, 0.717) is 0 Å². The van der Waals surface area contributed by atoms with Gasteiger partial charge in [-0.1, -0.05) is 44.2 Å². The summed E-state index contributed by atoms with van der Waals surface area (Å²) in [6.45, 7) is 7.74. The van der Waals surface area contributed by atoms with Crippen LogP contribution in [0.1, 0.15) is 33.3 Å². The molecule has 2 atom stereocenters. The highest BCUT2D eigenvalue weighted by Crippen LogP contribution is 2.56. The van der Waals surface area contributed by atoms with E-state index in [1.807, 2.05) is 51.1 Å². The van der Waals surface area contributed by atoms with Crippen molar-refractivity contribution in [3.05, 3.63) is 35.9 Å². The molecule has 4 nitrogen and oxygen atoms in total. The second-order valence-corrected chi connectivity index (χ2v) is 5.34. The minimum absolute atomic E-state index is 0.448. The average Bonchev–Trinajstić information content (AvgIpc) is 2.53. The first-order valence-corrected chi connectivity index (χ1v) is 5.69. The molecular weight excluding hydrogens is 216 g/mol. The van der Waals surface area contributed by atoms with Crippen LogP contribution in [-0.2, 0) is 10.4 Å². The van der Waals surface area contributed by atoms with Crippen LogP contribution in [0.4, 0.5) is 0 Å². The Bertz CT molecular complexity index is 444. The number of benzene rings is 1. The molecule has 1 aromatic rings. The molecule has 1 aliphatic heterocycles. The highest BCUT2D eigenvalue weighted by Gasteiger charge is 2.60. The highest BCUT2D eigenvalue weighted by atomic mass is 17.1. The van der Waals surface area contributed by atoms with Crippen LogP contribution in [0.3, 0.4) is 0 Å². The van der Waals surface area contributed by atoms with E-state index in [1.165, 1.54) is 0 Å². The van der Waals surface area contributed by atoms with Gasteiger partial charge < -0.3 is 0 Å². The second kappa shape index (κ2) is 3.62. The lowest BCUT2D eigenvalue weighted by atomic mass is 9.65. The number of azo groups is 1. The Hall–Kier alpha value is -1.26. The molecule has 1 aliphatic rings. The third-order valence-electron chi connectivity index (χ3n) is 4.33. The third kappa shape index (κ3) is 1.44. The zero-order valence-electron chi connectivity index (χ0n) is 10.6. The Kier molecular flexibility index (Phi) is 2.60. The van der Waals surface area contributed by atoms with Crippen LogP contribution in [0.5, 0.6) is 0 Å². The molecule has 17 heavy (non-hydrogen) atoms. The Morgan fingerprint density at radius 1 is 1.00 bits per heavy atom. The predicted molar refractivity (Wildman–Crippen MR) is 64.5 cm³/mol. The quantitative estimate of drug-likeness (QED) is 0.628. The van der Waals surface area contributed by atoms with Crippen LogP contribution in [-0.4, -0.2) is 11.0 Å². The van der Waals surface area contributed by atoms with Crippen molar-refractivity contribution < 1.29 is 10.1 Å². The first-order chi connectivity index (χ1) is 7.87. The fourth-order valence-corrected chi connectivity index (χ4v) is 2.21. The minimum Gasteiger partial charge on any atom is -0.249 e. The van der Waals surface area contributed by atoms with Gasteiger partial charge in [0.1, 0.15) is 5.54 Å². The molecule has 0 unspecified atom stereocenters. The maximum absolute atomic E-state index is 9.09. The first-order valence-electron chi connectivity index (χ1n) is 5.69. The van der Waals surface area contributed by atoms with Crippen LogP contribution in [0.15, 0.2) is 40.6 Å². The number of hydrogen-bond acceptors (Lipinski definition) is 4. The molecule has 92 valence electrons. The molecule has 0 spiro atoms. The van der Waals surface area contributed by atoms with Gasteiger partial charge in [0.05, 0.1) is 0 Å². The summed E-state index contributed by atoms with van der Waals surface area (Å²) in [6, 6.07) is 9.95. The molecule has 1 heterocycles. The molecule has 1 N–H and O–H groups in total. The predicted octanol–water partition coefficient (Wildman–Crippen LogP) is 3.60. The largest absolute Gasteiger partial charge is 0.249 e. The van der Waals surface area contributed by atoms with E-state index < -0.39 is 16.7 Å². The second-order valence-electron chi connectivity index (χ2n) is 5.34. The van der Waals surface area contributed by atoms with Crippen LogP contribution in [0.2, 0.25) is 0 Å². The van der Waals surface area contributed by atoms with Gasteiger partial charge in [0.15, 0.2) is 0 Å². The smallest absolute Gasteiger partial charge is 0.217 e. The Morgan fingerprint density at radius 3 is 2.06 bits per heavy atom. The number of rotatable bonds is 2. The van der Waals surface area contributed by atoms with Crippen LogP contribution in [0, 0.1) is 5.41 Å². The molecule has 0 saturated carbocycles. The monoisotopic (exact) mass is 234 g/mol. The van der Waals surface area contributed by atoms with Crippen molar-refractivity contribution in [1.29, 1.82) is 0 Å². The summed E-state index contributed by atoms with van der Waals surface area (Å²) in [5.41, 5.74) is -0.908. The molecule has 0 bridgehead atoms. The van der Waals surface area contributed by atoms with E-state index in [4.69, 9.17) is 5.26 Å². The van der Waals surface area contributed by atoms with Crippen LogP contribution >= 0.6 is 0 Å². The highest BCUT2D eigenvalue weighted by molar-refractivity contribution is 5.29. The molecule has 0 amide bonds. The molecule has 0 aromatic heterocycles. The van der Waals surface area contributed by atoms with Crippen molar-refractivity contribution in [2.45, 2.75) is 39.0 Å². The van der Waals surface area contributed by atoms with Crippen molar-refractivity contribution in [3.8, 4) is 0 Å². The lowest BCUT2D eigenvalue weighted by Crippen LogP contribution is -2.49. The van der Waals surface area contributed by atoms with E-state index >= 15 is 0 Å². The van der Waals surface area contributed by atoms with Crippen molar-refractivity contribution in [1.82, 2.24) is 0 Å². The summed E-state index contributed by atoms with van der Waals surface area (Å²) in [5.74, 6) is 0. The van der Waals surface area contributed by atoms with Gasteiger partial charge >= 0.3 is 0 Å². The van der Waals surface area contributed by atoms with Gasteiger partial charge in [-0.05, 0) is 19.4 Å². The average molecular weight is 234 g/mol. The molecule has 1 aromatic carbocycles. The van der Waals surface area contributed by atoms with Gasteiger partial charge in [-0.3, -0.25) is 0 Å². The van der Waals surface area contributed by atoms with E-state index in [9.17, 15) is 0 Å². The molecule has 0 aliphatic carbocycles. The number of nitrogens with zero attached hydrogens (tertiary/aromatic N) is 2. The van der Waals surface area contributed by atoms with Gasteiger partial charge in [-0.2, -0.15) is 10.2 Å². The lowest BCUT2D eigenvalue weighted by molar-refractivity contribution is -0.342. The first kappa shape index (κ1) is 12.2. The molecule has 0 saturated heterocycles. The normalized spacial score (nSPS) is 35.1. The summed E-state index contributed by atoms with van der Waals surface area (Å²) in [7, 11) is 0. The van der Waals surface area contributed by atoms with Gasteiger partial charge in [0, 0.05) is 5.41 Å². The van der Waals surface area contributed by atoms with Gasteiger partial charge in [-0.25, -0.2) is 10.1 Å². The van der Waals surface area contributed by atoms with Gasteiger partial charge in [0.25, 0.3) is 0 Å². The standard InChI is InChI=1S/C13H18N2O2/c1-11(2)12(3,10-8-6-5-7-9-10)14-15-13(11,4)17-16/h5-9,16H,1-4H3/t12-,13+/m1/s1. The van der Waals surface area contributed by atoms with Crippen LogP contribution < -0.4 is 0 Å². The SMILES string of the molecule is CC1(C)[C@](C)(OO)N=N[C@]1(C)c1ccccc1. The molecule has 0 fully saturated rings. The Balaban J connectivity index is 2.52. The number of hydrogen-bond donors (Lipinski definition) is 1.